The second-order valence-electron chi connectivity index (χ2n) is 4.84. The molecule has 1 aliphatic heterocycles. The molecule has 0 fully saturated rings. The van der Waals surface area contributed by atoms with E-state index < -0.39 is 0 Å². The second-order valence-corrected chi connectivity index (χ2v) is 6.07. The average Bonchev–Trinajstić information content (AvgIpc) is 3.01. The number of benzene rings is 2. The van der Waals surface area contributed by atoms with Crippen molar-refractivity contribution >= 4 is 21.6 Å². The predicted octanol–water partition coefficient (Wildman–Crippen LogP) is 4.21. The smallest absolute Gasteiger partial charge is 0.122 e. The van der Waals surface area contributed by atoms with E-state index in [1.807, 2.05) is 0 Å². The standard InChI is InChI=1S/C16H13NOS/c1-10-17-14-9-12(3-5-16(14)19-10)11-2-4-15-13(8-11)6-7-18-15/h2-5,8-9H,6-7H2,1H3. The maximum atomic E-state index is 5.55. The molecular formula is C16H13NOS. The third-order valence-electron chi connectivity index (χ3n) is 3.52. The van der Waals surface area contributed by atoms with Crippen molar-refractivity contribution in [2.45, 2.75) is 13.3 Å². The molecule has 0 atom stereocenters. The van der Waals surface area contributed by atoms with Crippen molar-refractivity contribution in [3.63, 3.8) is 0 Å². The van der Waals surface area contributed by atoms with E-state index in [1.165, 1.54) is 21.4 Å². The maximum Gasteiger partial charge on any atom is 0.122 e. The minimum absolute atomic E-state index is 0.809. The van der Waals surface area contributed by atoms with E-state index in [-0.39, 0.29) is 0 Å². The van der Waals surface area contributed by atoms with Crippen LogP contribution in [0.3, 0.4) is 0 Å². The van der Waals surface area contributed by atoms with Gasteiger partial charge in [0, 0.05) is 6.42 Å². The first-order valence-electron chi connectivity index (χ1n) is 6.43. The summed E-state index contributed by atoms with van der Waals surface area (Å²) in [7, 11) is 0. The summed E-state index contributed by atoms with van der Waals surface area (Å²) in [5.74, 6) is 1.04. The highest BCUT2D eigenvalue weighted by Gasteiger charge is 2.13. The number of hydrogen-bond acceptors (Lipinski definition) is 3. The van der Waals surface area contributed by atoms with Crippen molar-refractivity contribution in [3.8, 4) is 16.9 Å². The molecule has 3 aromatic rings. The fourth-order valence-electron chi connectivity index (χ4n) is 2.59. The van der Waals surface area contributed by atoms with E-state index in [2.05, 4.69) is 48.3 Å². The van der Waals surface area contributed by atoms with Crippen LogP contribution in [0.1, 0.15) is 10.6 Å². The van der Waals surface area contributed by atoms with Crippen molar-refractivity contribution < 1.29 is 4.74 Å². The second kappa shape index (κ2) is 4.07. The molecule has 0 aliphatic carbocycles. The summed E-state index contributed by atoms with van der Waals surface area (Å²) in [5, 5.41) is 1.12. The van der Waals surface area contributed by atoms with Gasteiger partial charge < -0.3 is 4.74 Å². The van der Waals surface area contributed by atoms with Gasteiger partial charge in [0.25, 0.3) is 0 Å². The lowest BCUT2D eigenvalue weighted by Crippen LogP contribution is -1.85. The third-order valence-corrected chi connectivity index (χ3v) is 4.47. The van der Waals surface area contributed by atoms with E-state index in [0.717, 1.165) is 29.3 Å². The summed E-state index contributed by atoms with van der Waals surface area (Å²) in [6, 6.07) is 13.0. The van der Waals surface area contributed by atoms with Gasteiger partial charge in [-0.3, -0.25) is 0 Å². The first-order valence-corrected chi connectivity index (χ1v) is 7.24. The Labute approximate surface area is 115 Å². The van der Waals surface area contributed by atoms with Crippen LogP contribution in [-0.2, 0) is 6.42 Å². The van der Waals surface area contributed by atoms with Crippen molar-refractivity contribution in [1.29, 1.82) is 0 Å². The number of rotatable bonds is 1. The zero-order valence-corrected chi connectivity index (χ0v) is 11.5. The molecule has 0 N–H and O–H groups in total. The van der Waals surface area contributed by atoms with Crippen LogP contribution in [-0.4, -0.2) is 11.6 Å². The molecule has 2 nitrogen and oxygen atoms in total. The number of hydrogen-bond donors (Lipinski definition) is 0. The Hall–Kier alpha value is -1.87. The van der Waals surface area contributed by atoms with Crippen molar-refractivity contribution in [1.82, 2.24) is 4.98 Å². The molecule has 94 valence electrons. The van der Waals surface area contributed by atoms with E-state index in [1.54, 1.807) is 11.3 Å². The Kier molecular flexibility index (Phi) is 2.35. The molecule has 1 aliphatic rings. The third kappa shape index (κ3) is 1.81. The lowest BCUT2D eigenvalue weighted by Gasteiger charge is -2.04. The largest absolute Gasteiger partial charge is 0.493 e. The molecule has 0 saturated heterocycles. The van der Waals surface area contributed by atoms with Crippen LogP contribution in [0.5, 0.6) is 5.75 Å². The first-order chi connectivity index (χ1) is 9.29. The Bertz CT molecular complexity index is 776. The quantitative estimate of drug-likeness (QED) is 0.659. The van der Waals surface area contributed by atoms with Crippen molar-refractivity contribution in [2.24, 2.45) is 0 Å². The summed E-state index contributed by atoms with van der Waals surface area (Å²) in [6.07, 6.45) is 1.02. The topological polar surface area (TPSA) is 22.1 Å². The molecule has 3 heteroatoms. The molecule has 19 heavy (non-hydrogen) atoms. The molecule has 2 heterocycles. The summed E-state index contributed by atoms with van der Waals surface area (Å²) >= 11 is 1.75. The number of ether oxygens (including phenoxy) is 1. The number of aryl methyl sites for hydroxylation is 1. The van der Waals surface area contributed by atoms with Gasteiger partial charge in [-0.25, -0.2) is 4.98 Å². The number of aromatic nitrogens is 1. The zero-order chi connectivity index (χ0) is 12.8. The van der Waals surface area contributed by atoms with Gasteiger partial charge in [-0.1, -0.05) is 12.1 Å². The van der Waals surface area contributed by atoms with Crippen LogP contribution in [0.25, 0.3) is 21.3 Å². The number of nitrogens with zero attached hydrogens (tertiary/aromatic N) is 1. The van der Waals surface area contributed by atoms with Crippen LogP contribution in [0.15, 0.2) is 36.4 Å². The molecule has 0 bridgehead atoms. The molecule has 2 aromatic carbocycles. The summed E-state index contributed by atoms with van der Waals surface area (Å²) in [5.41, 5.74) is 4.88. The first kappa shape index (κ1) is 11.0. The van der Waals surface area contributed by atoms with Gasteiger partial charge in [-0.15, -0.1) is 11.3 Å². The Balaban J connectivity index is 1.85. The highest BCUT2D eigenvalue weighted by Crippen LogP contribution is 2.32. The molecule has 0 spiro atoms. The van der Waals surface area contributed by atoms with Crippen molar-refractivity contribution in [2.75, 3.05) is 6.61 Å². The van der Waals surface area contributed by atoms with Crippen molar-refractivity contribution in [3.05, 3.63) is 47.0 Å². The highest BCUT2D eigenvalue weighted by molar-refractivity contribution is 7.18. The Morgan fingerprint density at radius 3 is 2.89 bits per heavy atom. The van der Waals surface area contributed by atoms with Gasteiger partial charge in [0.2, 0.25) is 0 Å². The average molecular weight is 267 g/mol. The van der Waals surface area contributed by atoms with E-state index >= 15 is 0 Å². The van der Waals surface area contributed by atoms with Gasteiger partial charge in [0.05, 0.1) is 21.8 Å². The predicted molar refractivity (Wildman–Crippen MR) is 79.0 cm³/mol. The van der Waals surface area contributed by atoms with Crippen LogP contribution in [0, 0.1) is 6.92 Å². The Morgan fingerprint density at radius 1 is 1.11 bits per heavy atom. The van der Waals surface area contributed by atoms with Crippen LogP contribution < -0.4 is 4.74 Å². The normalized spacial score (nSPS) is 13.5. The van der Waals surface area contributed by atoms with Gasteiger partial charge in [0.1, 0.15) is 5.75 Å². The summed E-state index contributed by atoms with van der Waals surface area (Å²) < 4.78 is 6.81. The minimum atomic E-state index is 0.809. The molecular weight excluding hydrogens is 254 g/mol. The van der Waals surface area contributed by atoms with Gasteiger partial charge in [-0.05, 0) is 47.9 Å². The summed E-state index contributed by atoms with van der Waals surface area (Å²) in [6.45, 7) is 2.86. The fourth-order valence-corrected chi connectivity index (χ4v) is 3.40. The molecule has 0 amide bonds. The fraction of sp³-hybridized carbons (Fsp3) is 0.188. The minimum Gasteiger partial charge on any atom is -0.493 e. The molecule has 0 saturated carbocycles. The number of fused-ring (bicyclic) bond motifs is 2. The van der Waals surface area contributed by atoms with E-state index in [9.17, 15) is 0 Å². The highest BCUT2D eigenvalue weighted by atomic mass is 32.1. The van der Waals surface area contributed by atoms with Gasteiger partial charge in [0.15, 0.2) is 0 Å². The molecule has 4 rings (SSSR count). The SMILES string of the molecule is Cc1nc2cc(-c3ccc4c(c3)CCO4)ccc2s1. The lowest BCUT2D eigenvalue weighted by molar-refractivity contribution is 0.357. The molecule has 1 aromatic heterocycles. The molecule has 0 radical (unpaired) electrons. The van der Waals surface area contributed by atoms with E-state index in [4.69, 9.17) is 4.74 Å². The van der Waals surface area contributed by atoms with Gasteiger partial charge in [-0.2, -0.15) is 0 Å². The number of thiazole rings is 1. The monoisotopic (exact) mass is 267 g/mol. The van der Waals surface area contributed by atoms with Crippen LogP contribution in [0.2, 0.25) is 0 Å². The van der Waals surface area contributed by atoms with Crippen LogP contribution in [0.4, 0.5) is 0 Å². The van der Waals surface area contributed by atoms with E-state index in [0.29, 0.717) is 0 Å². The summed E-state index contributed by atoms with van der Waals surface area (Å²) in [4.78, 5) is 4.57. The Morgan fingerprint density at radius 2 is 1.95 bits per heavy atom. The van der Waals surface area contributed by atoms with Gasteiger partial charge >= 0.3 is 0 Å². The van der Waals surface area contributed by atoms with Crippen LogP contribution >= 0.6 is 11.3 Å². The maximum absolute atomic E-state index is 5.55. The zero-order valence-electron chi connectivity index (χ0n) is 10.6. The lowest BCUT2D eigenvalue weighted by atomic mass is 10.0. The molecule has 0 unspecified atom stereocenters.